The van der Waals surface area contributed by atoms with Crippen LogP contribution in [0.1, 0.15) is 40.2 Å². The van der Waals surface area contributed by atoms with E-state index in [1.54, 1.807) is 24.3 Å². The van der Waals surface area contributed by atoms with Gasteiger partial charge in [-0.25, -0.2) is 0 Å². The zero-order chi connectivity index (χ0) is 20.1. The van der Waals surface area contributed by atoms with Crippen molar-refractivity contribution in [2.24, 2.45) is 16.0 Å². The molecule has 1 amide bonds. The van der Waals surface area contributed by atoms with Gasteiger partial charge in [0.25, 0.3) is 0 Å². The summed E-state index contributed by atoms with van der Waals surface area (Å²) in [5.41, 5.74) is 10.1. The van der Waals surface area contributed by atoms with E-state index in [1.807, 2.05) is 36.4 Å². The van der Waals surface area contributed by atoms with Crippen LogP contribution in [0, 0.1) is 0 Å². The molecule has 1 fully saturated rings. The molecule has 4 rings (SSSR count). The summed E-state index contributed by atoms with van der Waals surface area (Å²) < 4.78 is 0. The normalized spacial score (nSPS) is 19.8. The summed E-state index contributed by atoms with van der Waals surface area (Å²) >= 11 is 0. The number of nitrogens with zero attached hydrogens (tertiary/aromatic N) is 3. The van der Waals surface area contributed by atoms with Crippen molar-refractivity contribution in [3.8, 4) is 0 Å². The molecule has 2 N–H and O–H groups in total. The summed E-state index contributed by atoms with van der Waals surface area (Å²) in [6, 6.07) is 27.1. The Morgan fingerprint density at radius 2 is 1.62 bits per heavy atom. The maximum Gasteiger partial charge on any atom is 0.360 e. The van der Waals surface area contributed by atoms with E-state index in [-0.39, 0.29) is 5.54 Å². The number of rotatable bonds is 6. The van der Waals surface area contributed by atoms with Gasteiger partial charge in [-0.05, 0) is 54.7 Å². The second-order valence-electron chi connectivity index (χ2n) is 7.53. The summed E-state index contributed by atoms with van der Waals surface area (Å²) in [6.45, 7) is 0. The van der Waals surface area contributed by atoms with Gasteiger partial charge < -0.3 is 5.73 Å². The molecule has 0 aromatic heterocycles. The van der Waals surface area contributed by atoms with Crippen molar-refractivity contribution in [2.45, 2.75) is 30.7 Å². The third-order valence-electron chi connectivity index (χ3n) is 5.45. The third-order valence-corrected chi connectivity index (χ3v) is 5.45. The Labute approximate surface area is 170 Å². The van der Waals surface area contributed by atoms with E-state index in [1.165, 1.54) is 11.1 Å². The molecule has 2 unspecified atom stereocenters. The van der Waals surface area contributed by atoms with Crippen molar-refractivity contribution in [3.63, 3.8) is 0 Å². The Balaban J connectivity index is 1.35. The highest BCUT2D eigenvalue weighted by Crippen LogP contribution is 2.52. The average molecular weight is 383 g/mol. The lowest BCUT2D eigenvalue weighted by atomic mass is 9.99. The minimum atomic E-state index is -0.407. The Kier molecular flexibility index (Phi) is 5.43. The van der Waals surface area contributed by atoms with Crippen molar-refractivity contribution in [1.82, 2.24) is 4.91 Å². The van der Waals surface area contributed by atoms with Crippen LogP contribution in [0.25, 0.3) is 0 Å². The monoisotopic (exact) mass is 383 g/mol. The molecule has 0 aliphatic heterocycles. The van der Waals surface area contributed by atoms with E-state index in [4.69, 9.17) is 5.73 Å². The number of amides is 1. The Hall–Kier alpha value is -3.40. The number of carbonyl (C=O) groups is 1. The predicted molar refractivity (Wildman–Crippen MR) is 113 cm³/mol. The molecule has 3 aromatic carbocycles. The Morgan fingerprint density at radius 3 is 2.31 bits per heavy atom. The topological polar surface area (TPSA) is 81.9 Å². The molecule has 1 saturated carbocycles. The van der Waals surface area contributed by atoms with Gasteiger partial charge in [0.1, 0.15) is 0 Å². The minimum Gasteiger partial charge on any atom is -0.325 e. The van der Waals surface area contributed by atoms with E-state index >= 15 is 0 Å². The number of carbonyl (C=O) groups excluding carboxylic acids is 1. The molecule has 29 heavy (non-hydrogen) atoms. The van der Waals surface area contributed by atoms with Crippen molar-refractivity contribution in [1.29, 1.82) is 0 Å². The molecular formula is C24H23N4O+. The van der Waals surface area contributed by atoms with Crippen LogP contribution in [0.3, 0.4) is 0 Å². The summed E-state index contributed by atoms with van der Waals surface area (Å²) in [6.07, 6.45) is 2.97. The maximum atomic E-state index is 11.9. The van der Waals surface area contributed by atoms with Crippen molar-refractivity contribution < 1.29 is 4.79 Å². The van der Waals surface area contributed by atoms with Crippen LogP contribution < -0.4 is 10.6 Å². The number of nitrogens with two attached hydrogens (primary N) is 1. The minimum absolute atomic E-state index is 0.129. The fraction of sp³-hybridized carbons (Fsp3) is 0.208. The molecule has 2 atom stereocenters. The molecule has 5 nitrogen and oxygen atoms in total. The van der Waals surface area contributed by atoms with E-state index in [0.717, 1.165) is 19.3 Å². The van der Waals surface area contributed by atoms with Gasteiger partial charge in [-0.3, -0.25) is 4.79 Å². The number of benzene rings is 3. The van der Waals surface area contributed by atoms with Crippen LogP contribution in [-0.2, 0) is 6.42 Å². The second-order valence-corrected chi connectivity index (χ2v) is 7.53. The van der Waals surface area contributed by atoms with Crippen LogP contribution in [0.4, 0.5) is 5.69 Å². The van der Waals surface area contributed by atoms with Crippen LogP contribution in [0.5, 0.6) is 0 Å². The maximum absolute atomic E-state index is 11.9. The summed E-state index contributed by atoms with van der Waals surface area (Å²) in [5.74, 6) is -0.0307. The van der Waals surface area contributed by atoms with Gasteiger partial charge in [-0.15, -0.1) is 0 Å². The highest BCUT2D eigenvalue weighted by atomic mass is 16.1. The van der Waals surface area contributed by atoms with Crippen LogP contribution in [-0.4, -0.2) is 11.4 Å². The second kappa shape index (κ2) is 8.31. The van der Waals surface area contributed by atoms with Crippen molar-refractivity contribution in [3.05, 3.63) is 102 Å². The fourth-order valence-corrected chi connectivity index (χ4v) is 3.60. The van der Waals surface area contributed by atoms with E-state index in [0.29, 0.717) is 17.2 Å². The van der Waals surface area contributed by atoms with E-state index in [9.17, 15) is 4.79 Å². The first-order valence-electron chi connectivity index (χ1n) is 9.78. The Morgan fingerprint density at radius 1 is 0.966 bits per heavy atom. The van der Waals surface area contributed by atoms with Gasteiger partial charge in [-0.1, -0.05) is 60.7 Å². The van der Waals surface area contributed by atoms with E-state index < -0.39 is 5.91 Å². The van der Waals surface area contributed by atoms with Gasteiger partial charge >= 0.3 is 5.91 Å². The SMILES string of the molecule is NC1(CCc2ccccc2)CC1c1ccc(N=[N+]=NC(=O)c2ccccc2)cc1. The third kappa shape index (κ3) is 4.72. The molecule has 0 bridgehead atoms. The van der Waals surface area contributed by atoms with Crippen molar-refractivity contribution in [2.75, 3.05) is 0 Å². The van der Waals surface area contributed by atoms with E-state index in [2.05, 4.69) is 39.4 Å². The molecule has 0 radical (unpaired) electrons. The predicted octanol–water partition coefficient (Wildman–Crippen LogP) is 4.95. The first-order chi connectivity index (χ1) is 14.1. The fourth-order valence-electron chi connectivity index (χ4n) is 3.60. The summed E-state index contributed by atoms with van der Waals surface area (Å²) in [7, 11) is 0. The quantitative estimate of drug-likeness (QED) is 0.483. The van der Waals surface area contributed by atoms with Crippen LogP contribution in [0.2, 0.25) is 0 Å². The highest BCUT2D eigenvalue weighted by molar-refractivity contribution is 5.94. The molecule has 144 valence electrons. The molecule has 0 spiro atoms. The first kappa shape index (κ1) is 18.9. The molecular weight excluding hydrogens is 360 g/mol. The lowest BCUT2D eigenvalue weighted by molar-refractivity contribution is 0.0992. The van der Waals surface area contributed by atoms with Crippen LogP contribution >= 0.6 is 0 Å². The molecule has 3 aromatic rings. The molecule has 5 heteroatoms. The largest absolute Gasteiger partial charge is 0.360 e. The van der Waals surface area contributed by atoms with Gasteiger partial charge in [-0.2, -0.15) is 0 Å². The zero-order valence-corrected chi connectivity index (χ0v) is 16.1. The summed E-state index contributed by atoms with van der Waals surface area (Å²) in [4.78, 5) is 15.6. The zero-order valence-electron chi connectivity index (χ0n) is 16.1. The van der Waals surface area contributed by atoms with Crippen LogP contribution in [0.15, 0.2) is 95.2 Å². The molecule has 0 heterocycles. The average Bonchev–Trinajstić information content (AvgIpc) is 3.46. The lowest BCUT2D eigenvalue weighted by Crippen LogP contribution is -2.25. The summed E-state index contributed by atoms with van der Waals surface area (Å²) in [5, 5.41) is 7.65. The molecule has 1 aliphatic rings. The smallest absolute Gasteiger partial charge is 0.325 e. The number of hydrogen-bond donors (Lipinski definition) is 1. The first-order valence-corrected chi connectivity index (χ1v) is 9.78. The van der Waals surface area contributed by atoms with Gasteiger partial charge in [0, 0.05) is 17.0 Å². The number of hydrogen-bond acceptors (Lipinski definition) is 3. The number of aryl methyl sites for hydroxylation is 1. The molecule has 1 aliphatic carbocycles. The standard InChI is InChI=1S/C24H23N4O/c25-24(16-15-18-7-3-1-4-8-18)17-22(24)19-11-13-21(14-12-19)26-28-27-23(29)20-9-5-2-6-10-20/h1-14,22H,15-17,25H2/q+1. The highest BCUT2D eigenvalue weighted by Gasteiger charge is 2.50. The Bertz CT molecular complexity index is 1040. The van der Waals surface area contributed by atoms with Crippen molar-refractivity contribution >= 4 is 11.6 Å². The lowest BCUT2D eigenvalue weighted by Gasteiger charge is -2.11. The van der Waals surface area contributed by atoms with Gasteiger partial charge in [0.15, 0.2) is 10.8 Å². The van der Waals surface area contributed by atoms with Gasteiger partial charge in [0.2, 0.25) is 10.0 Å². The van der Waals surface area contributed by atoms with Gasteiger partial charge in [0.05, 0.1) is 0 Å². The molecule has 0 saturated heterocycles.